The molecule has 0 aliphatic carbocycles. The number of pyridine rings is 2. The third-order valence-corrected chi connectivity index (χ3v) is 6.07. The van der Waals surface area contributed by atoms with E-state index in [2.05, 4.69) is 40.8 Å². The third-order valence-electron chi connectivity index (χ3n) is 6.07. The summed E-state index contributed by atoms with van der Waals surface area (Å²) in [6.45, 7) is 6.03. The fourth-order valence-electron chi connectivity index (χ4n) is 4.26. The lowest BCUT2D eigenvalue weighted by atomic mass is 9.99. The lowest BCUT2D eigenvalue weighted by Crippen LogP contribution is -2.43. The summed E-state index contributed by atoms with van der Waals surface area (Å²) in [5.41, 5.74) is 17.9. The van der Waals surface area contributed by atoms with Crippen molar-refractivity contribution in [2.75, 3.05) is 23.7 Å². The Balaban J connectivity index is 1.61. The summed E-state index contributed by atoms with van der Waals surface area (Å²) in [7, 11) is 0. The van der Waals surface area contributed by atoms with Crippen LogP contribution in [0.1, 0.15) is 54.2 Å². The number of carbonyl (C=O) groups is 1. The van der Waals surface area contributed by atoms with Gasteiger partial charge < -0.3 is 16.4 Å². The van der Waals surface area contributed by atoms with E-state index in [0.717, 1.165) is 48.4 Å². The van der Waals surface area contributed by atoms with Gasteiger partial charge in [0.15, 0.2) is 5.78 Å². The zero-order valence-corrected chi connectivity index (χ0v) is 18.8. The zero-order valence-electron chi connectivity index (χ0n) is 18.8. The molecule has 6 heteroatoms. The van der Waals surface area contributed by atoms with Gasteiger partial charge in [0, 0.05) is 54.8 Å². The minimum absolute atomic E-state index is 0.111. The van der Waals surface area contributed by atoms with E-state index in [-0.39, 0.29) is 18.2 Å². The molecule has 1 saturated heterocycles. The van der Waals surface area contributed by atoms with Crippen molar-refractivity contribution in [3.05, 3.63) is 71.7 Å². The smallest absolute Gasteiger partial charge is 0.187 e. The van der Waals surface area contributed by atoms with Crippen LogP contribution in [0.3, 0.4) is 0 Å². The average molecular weight is 430 g/mol. The van der Waals surface area contributed by atoms with Crippen LogP contribution in [-0.4, -0.2) is 34.9 Å². The van der Waals surface area contributed by atoms with Crippen LogP contribution in [0.4, 0.5) is 11.4 Å². The number of ketones is 1. The molecule has 4 N–H and O–H groups in total. The summed E-state index contributed by atoms with van der Waals surface area (Å²) in [5.74, 6) is 0.302. The maximum atomic E-state index is 13.3. The number of piperidine rings is 1. The highest BCUT2D eigenvalue weighted by Crippen LogP contribution is 2.27. The summed E-state index contributed by atoms with van der Waals surface area (Å²) in [6.07, 6.45) is 5.80. The molecule has 6 nitrogen and oxygen atoms in total. The van der Waals surface area contributed by atoms with Crippen LogP contribution >= 0.6 is 0 Å². The minimum Gasteiger partial charge on any atom is -0.397 e. The molecule has 4 rings (SSSR count). The summed E-state index contributed by atoms with van der Waals surface area (Å²) in [5, 5.41) is 0. The average Bonchev–Trinajstić information content (AvgIpc) is 2.79. The predicted octanol–water partition coefficient (Wildman–Crippen LogP) is 4.20. The highest BCUT2D eigenvalue weighted by Gasteiger charge is 2.22. The minimum atomic E-state index is -0.111. The fraction of sp³-hybridized carbons (Fsp3) is 0.346. The first kappa shape index (κ1) is 22.0. The molecule has 2 aromatic heterocycles. The Morgan fingerprint density at radius 1 is 1.22 bits per heavy atom. The summed E-state index contributed by atoms with van der Waals surface area (Å²) < 4.78 is 0. The normalized spacial score (nSPS) is 16.4. The zero-order chi connectivity index (χ0) is 22.7. The van der Waals surface area contributed by atoms with Crippen molar-refractivity contribution in [2.24, 2.45) is 5.73 Å². The lowest BCUT2D eigenvalue weighted by molar-refractivity contribution is 0.0989. The summed E-state index contributed by atoms with van der Waals surface area (Å²) in [6, 6.07) is 14.0. The molecule has 0 unspecified atom stereocenters. The van der Waals surface area contributed by atoms with Gasteiger partial charge in [0.1, 0.15) is 5.69 Å². The Morgan fingerprint density at radius 3 is 2.84 bits per heavy atom. The maximum absolute atomic E-state index is 13.3. The quantitative estimate of drug-likeness (QED) is 0.570. The van der Waals surface area contributed by atoms with Gasteiger partial charge in [0.25, 0.3) is 0 Å². The van der Waals surface area contributed by atoms with Gasteiger partial charge in [-0.3, -0.25) is 9.78 Å². The molecule has 3 heterocycles. The van der Waals surface area contributed by atoms with Crippen molar-refractivity contribution in [1.29, 1.82) is 0 Å². The van der Waals surface area contributed by atoms with Gasteiger partial charge in [-0.15, -0.1) is 0 Å². The summed E-state index contributed by atoms with van der Waals surface area (Å²) >= 11 is 0. The van der Waals surface area contributed by atoms with Gasteiger partial charge in [-0.25, -0.2) is 4.98 Å². The number of rotatable bonds is 6. The molecule has 3 aromatic rings. The van der Waals surface area contributed by atoms with Gasteiger partial charge in [0.05, 0.1) is 11.4 Å². The first-order chi connectivity index (χ1) is 15.4. The predicted molar refractivity (Wildman–Crippen MR) is 130 cm³/mol. The van der Waals surface area contributed by atoms with Crippen molar-refractivity contribution in [3.63, 3.8) is 0 Å². The molecular formula is C26H31N5O. The number of anilines is 2. The van der Waals surface area contributed by atoms with Crippen molar-refractivity contribution >= 4 is 17.2 Å². The number of nitrogens with two attached hydrogens (primary N) is 2. The molecule has 0 radical (unpaired) electrons. The van der Waals surface area contributed by atoms with Crippen molar-refractivity contribution in [2.45, 2.75) is 45.1 Å². The largest absolute Gasteiger partial charge is 0.397 e. The van der Waals surface area contributed by atoms with Gasteiger partial charge in [0.2, 0.25) is 0 Å². The van der Waals surface area contributed by atoms with Crippen LogP contribution in [0.15, 0.2) is 54.9 Å². The second kappa shape index (κ2) is 9.49. The van der Waals surface area contributed by atoms with Crippen molar-refractivity contribution < 1.29 is 4.79 Å². The van der Waals surface area contributed by atoms with Crippen molar-refractivity contribution in [1.82, 2.24) is 9.97 Å². The Bertz CT molecular complexity index is 1110. The molecule has 0 amide bonds. The highest BCUT2D eigenvalue weighted by atomic mass is 16.1. The van der Waals surface area contributed by atoms with Crippen molar-refractivity contribution in [3.8, 4) is 11.3 Å². The number of hydrogen-bond donors (Lipinski definition) is 2. The SMILES string of the molecule is CC(C)c1cccc(-c2ccc(N)c(C(=O)Cc3cnccc3N3CCC[C@H](N)C3)n2)c1. The standard InChI is InChI=1S/C26H31N5O/c1-17(2)18-5-3-6-19(13-18)23-9-8-22(28)26(30-23)25(32)14-20-15-29-11-10-24(20)31-12-4-7-21(27)16-31/h3,5-6,8-11,13,15,17,21H,4,7,12,14,16,27-28H2,1-2H3/t21-/m0/s1. The monoisotopic (exact) mass is 429 g/mol. The topological polar surface area (TPSA) is 98.1 Å². The first-order valence-electron chi connectivity index (χ1n) is 11.3. The van der Waals surface area contributed by atoms with Crippen LogP contribution < -0.4 is 16.4 Å². The van der Waals surface area contributed by atoms with Gasteiger partial charge in [-0.05, 0) is 48.6 Å². The second-order valence-electron chi connectivity index (χ2n) is 8.87. The second-order valence-corrected chi connectivity index (χ2v) is 8.87. The molecule has 0 spiro atoms. The van der Waals surface area contributed by atoms with E-state index in [1.807, 2.05) is 24.3 Å². The number of nitrogens with zero attached hydrogens (tertiary/aromatic N) is 3. The number of benzene rings is 1. The molecule has 1 aliphatic rings. The molecule has 1 atom stereocenters. The fourth-order valence-corrected chi connectivity index (χ4v) is 4.26. The molecule has 166 valence electrons. The van der Waals surface area contributed by atoms with Crippen LogP contribution in [0, 0.1) is 0 Å². The Kier molecular flexibility index (Phi) is 6.51. The lowest BCUT2D eigenvalue weighted by Gasteiger charge is -2.33. The Morgan fingerprint density at radius 2 is 2.06 bits per heavy atom. The first-order valence-corrected chi connectivity index (χ1v) is 11.3. The van der Waals surface area contributed by atoms with E-state index in [0.29, 0.717) is 17.3 Å². The van der Waals surface area contributed by atoms with Crippen LogP contribution in [-0.2, 0) is 6.42 Å². The molecule has 0 saturated carbocycles. The number of aromatic nitrogens is 2. The number of Topliss-reactive ketones (excluding diaryl/α,β-unsaturated/α-hetero) is 1. The van der Waals surface area contributed by atoms with E-state index in [9.17, 15) is 4.79 Å². The Hall–Kier alpha value is -3.25. The van der Waals surface area contributed by atoms with Gasteiger partial charge in [-0.1, -0.05) is 32.0 Å². The molecule has 32 heavy (non-hydrogen) atoms. The van der Waals surface area contributed by atoms with Gasteiger partial charge >= 0.3 is 0 Å². The molecule has 1 fully saturated rings. The van der Waals surface area contributed by atoms with E-state index in [1.165, 1.54) is 5.56 Å². The molecular weight excluding hydrogens is 398 g/mol. The van der Waals surface area contributed by atoms with E-state index >= 15 is 0 Å². The molecule has 1 aliphatic heterocycles. The van der Waals surface area contributed by atoms with E-state index < -0.39 is 0 Å². The van der Waals surface area contributed by atoms with Crippen LogP contribution in [0.25, 0.3) is 11.3 Å². The molecule has 1 aromatic carbocycles. The molecule has 0 bridgehead atoms. The maximum Gasteiger partial charge on any atom is 0.187 e. The Labute approximate surface area is 189 Å². The number of nitrogen functional groups attached to an aromatic ring is 1. The van der Waals surface area contributed by atoms with Crippen LogP contribution in [0.5, 0.6) is 0 Å². The van der Waals surface area contributed by atoms with E-state index in [4.69, 9.17) is 11.5 Å². The van der Waals surface area contributed by atoms with Gasteiger partial charge in [-0.2, -0.15) is 0 Å². The van der Waals surface area contributed by atoms with Crippen LogP contribution in [0.2, 0.25) is 0 Å². The third kappa shape index (κ3) is 4.81. The number of hydrogen-bond acceptors (Lipinski definition) is 6. The number of carbonyl (C=O) groups excluding carboxylic acids is 1. The summed E-state index contributed by atoms with van der Waals surface area (Å²) in [4.78, 5) is 24.5. The highest BCUT2D eigenvalue weighted by molar-refractivity contribution is 6.01. The van der Waals surface area contributed by atoms with E-state index in [1.54, 1.807) is 18.5 Å².